The zero-order valence-corrected chi connectivity index (χ0v) is 15.4. The van der Waals surface area contributed by atoms with Crippen LogP contribution < -0.4 is 0 Å². The van der Waals surface area contributed by atoms with Gasteiger partial charge in [-0.1, -0.05) is 0 Å². The molecule has 1 radical (unpaired) electrons. The van der Waals surface area contributed by atoms with Gasteiger partial charge in [-0.3, -0.25) is 0 Å². The summed E-state index contributed by atoms with van der Waals surface area (Å²) in [6.45, 7) is -1.76. The molecule has 0 aliphatic carbocycles. The molecule has 12 nitrogen and oxygen atoms in total. The van der Waals surface area contributed by atoms with Gasteiger partial charge in [-0.2, -0.15) is 0 Å². The molecule has 0 unspecified atom stereocenters. The first-order chi connectivity index (χ1) is 11.1. The van der Waals surface area contributed by atoms with Crippen LogP contribution in [0.4, 0.5) is 0 Å². The number of hydrogen-bond donors (Lipinski definition) is 9. The first-order valence-electron chi connectivity index (χ1n) is 6.99. The van der Waals surface area contributed by atoms with Crippen molar-refractivity contribution < 1.29 is 60.2 Å². The van der Waals surface area contributed by atoms with Crippen LogP contribution in [0.5, 0.6) is 0 Å². The summed E-state index contributed by atoms with van der Waals surface area (Å²) < 4.78 is 9.98. The van der Waals surface area contributed by atoms with E-state index in [9.17, 15) is 35.4 Å². The van der Waals surface area contributed by atoms with Crippen molar-refractivity contribution in [2.24, 2.45) is 0 Å². The molecule has 0 amide bonds. The molecule has 0 aromatic heterocycles. The van der Waals surface area contributed by atoms with Crippen LogP contribution >= 0.6 is 0 Å². The van der Waals surface area contributed by atoms with Crippen molar-refractivity contribution in [3.8, 4) is 0 Å². The second kappa shape index (κ2) is 11.0. The minimum Gasteiger partial charge on any atom is -0.479 e. The number of carboxylic acid groups (broad SMARTS) is 1. The zero-order valence-electron chi connectivity index (χ0n) is 13.4. The van der Waals surface area contributed by atoms with Crippen LogP contribution in [-0.2, 0) is 14.3 Å². The molecule has 0 aromatic carbocycles. The van der Waals surface area contributed by atoms with Crippen molar-refractivity contribution in [3.05, 3.63) is 0 Å². The van der Waals surface area contributed by atoms with E-state index < -0.39 is 74.3 Å². The van der Waals surface area contributed by atoms with Gasteiger partial charge in [-0.05, 0) is 0 Å². The Hall–Kier alpha value is 0.0700. The second-order valence-corrected chi connectivity index (χ2v) is 5.32. The van der Waals surface area contributed by atoms with E-state index in [0.29, 0.717) is 0 Å². The largest absolute Gasteiger partial charge is 0.479 e. The third kappa shape index (κ3) is 6.04. The van der Waals surface area contributed by atoms with Gasteiger partial charge in [0.25, 0.3) is 0 Å². The number of hydrogen-bond acceptors (Lipinski definition) is 11. The van der Waals surface area contributed by atoms with Gasteiger partial charge >= 0.3 is 5.97 Å². The van der Waals surface area contributed by atoms with Crippen molar-refractivity contribution in [2.45, 2.75) is 55.1 Å². The fraction of sp³-hybridized carbons (Fsp3) is 0.917. The molecule has 1 fully saturated rings. The molecule has 143 valence electrons. The molecule has 0 aromatic rings. The maximum Gasteiger partial charge on any atom is 0.335 e. The van der Waals surface area contributed by atoms with Crippen LogP contribution in [0.15, 0.2) is 0 Å². The normalized spacial score (nSPS) is 34.5. The summed E-state index contributed by atoms with van der Waals surface area (Å²) in [7, 11) is 0. The monoisotopic (exact) mass is 381 g/mol. The van der Waals surface area contributed by atoms with E-state index in [1.165, 1.54) is 0 Å². The maximum atomic E-state index is 10.7. The molecule has 1 rings (SSSR count). The van der Waals surface area contributed by atoms with E-state index in [0.717, 1.165) is 0 Å². The number of ether oxygens (including phenoxy) is 2. The molecule has 0 saturated carbocycles. The SMILES string of the molecule is O=C(O)[C@H](O)[C@@H](O)[C@H](O[C@@H]1O[C@H](CO)[C@H](O)[C@H](O)[C@H]1O)[C@H](O)CO.[Na]. The van der Waals surface area contributed by atoms with Gasteiger partial charge in [-0.15, -0.1) is 0 Å². The molecule has 9 atom stereocenters. The summed E-state index contributed by atoms with van der Waals surface area (Å²) >= 11 is 0. The van der Waals surface area contributed by atoms with Crippen molar-refractivity contribution in [3.63, 3.8) is 0 Å². The number of aliphatic hydroxyl groups excluding tert-OH is 8. The molecule has 9 N–H and O–H groups in total. The van der Waals surface area contributed by atoms with Gasteiger partial charge in [-0.25, -0.2) is 4.79 Å². The standard InChI is InChI=1S/C12H22O12.Na/c13-1-3(15)10(7(18)8(19)11(21)22)24-12-9(20)6(17)5(16)4(2-14)23-12;/h3-10,12-20H,1-2H2,(H,21,22);/t3-,4-,5+,6+,7-,8-,9-,10-,12+;/m1./s1. The molecule has 1 aliphatic heterocycles. The minimum atomic E-state index is -2.39. The summed E-state index contributed by atoms with van der Waals surface area (Å²) in [6, 6.07) is 0. The van der Waals surface area contributed by atoms with Crippen molar-refractivity contribution in [1.82, 2.24) is 0 Å². The van der Waals surface area contributed by atoms with Crippen LogP contribution in [0.25, 0.3) is 0 Å². The van der Waals surface area contributed by atoms with Crippen molar-refractivity contribution in [2.75, 3.05) is 13.2 Å². The van der Waals surface area contributed by atoms with Crippen LogP contribution in [0.1, 0.15) is 0 Å². The quantitative estimate of drug-likeness (QED) is 0.179. The Kier molecular flexibility index (Phi) is 11.1. The third-order valence-electron chi connectivity index (χ3n) is 3.62. The summed E-state index contributed by atoms with van der Waals surface area (Å²) in [5, 5.41) is 84.5. The van der Waals surface area contributed by atoms with Crippen LogP contribution in [0.2, 0.25) is 0 Å². The Morgan fingerprint density at radius 1 is 1.04 bits per heavy atom. The molecule has 13 heteroatoms. The van der Waals surface area contributed by atoms with E-state index >= 15 is 0 Å². The Labute approximate surface area is 164 Å². The van der Waals surface area contributed by atoms with Gasteiger partial charge < -0.3 is 55.4 Å². The van der Waals surface area contributed by atoms with Crippen LogP contribution in [0.3, 0.4) is 0 Å². The van der Waals surface area contributed by atoms with Gasteiger partial charge in [0.15, 0.2) is 12.4 Å². The number of rotatable bonds is 8. The van der Waals surface area contributed by atoms with E-state index in [-0.39, 0.29) is 29.6 Å². The van der Waals surface area contributed by atoms with Crippen molar-refractivity contribution in [1.29, 1.82) is 0 Å². The average molecular weight is 381 g/mol. The molecular weight excluding hydrogens is 359 g/mol. The van der Waals surface area contributed by atoms with Gasteiger partial charge in [0.1, 0.15) is 42.7 Å². The minimum absolute atomic E-state index is 0. The predicted octanol–water partition coefficient (Wildman–Crippen LogP) is -6.05. The van der Waals surface area contributed by atoms with Crippen molar-refractivity contribution >= 4 is 35.5 Å². The van der Waals surface area contributed by atoms with Gasteiger partial charge in [0.2, 0.25) is 0 Å². The zero-order chi connectivity index (χ0) is 18.6. The maximum absolute atomic E-state index is 10.7. The summed E-state index contributed by atoms with van der Waals surface area (Å²) in [5.74, 6) is -1.84. The van der Waals surface area contributed by atoms with Gasteiger partial charge in [0, 0.05) is 29.6 Å². The first-order valence-corrected chi connectivity index (χ1v) is 6.99. The Morgan fingerprint density at radius 3 is 2.04 bits per heavy atom. The Balaban J connectivity index is 0.00000576. The molecule has 0 spiro atoms. The number of aliphatic carboxylic acids is 1. The van der Waals surface area contributed by atoms with E-state index in [1.807, 2.05) is 0 Å². The molecule has 25 heavy (non-hydrogen) atoms. The smallest absolute Gasteiger partial charge is 0.335 e. The van der Waals surface area contributed by atoms with Crippen LogP contribution in [-0.4, -0.2) is 150 Å². The first kappa shape index (κ1) is 25.1. The Bertz CT molecular complexity index is 410. The van der Waals surface area contributed by atoms with E-state index in [2.05, 4.69) is 0 Å². The molecule has 1 aliphatic rings. The van der Waals surface area contributed by atoms with Gasteiger partial charge in [0.05, 0.1) is 13.2 Å². The molecule has 1 saturated heterocycles. The van der Waals surface area contributed by atoms with E-state index in [4.69, 9.17) is 24.8 Å². The third-order valence-corrected chi connectivity index (χ3v) is 3.62. The average Bonchev–Trinajstić information content (AvgIpc) is 2.57. The second-order valence-electron chi connectivity index (χ2n) is 5.32. The topological polar surface area (TPSA) is 218 Å². The predicted molar refractivity (Wildman–Crippen MR) is 77.1 cm³/mol. The Morgan fingerprint density at radius 2 is 1.60 bits per heavy atom. The fourth-order valence-corrected chi connectivity index (χ4v) is 2.16. The fourth-order valence-electron chi connectivity index (χ4n) is 2.16. The van der Waals surface area contributed by atoms with E-state index in [1.54, 1.807) is 0 Å². The molecular formula is C12H22NaO12. The van der Waals surface area contributed by atoms with Crippen LogP contribution in [0, 0.1) is 0 Å². The molecule has 0 bridgehead atoms. The number of carbonyl (C=O) groups is 1. The molecule has 1 heterocycles. The number of carboxylic acids is 1. The summed E-state index contributed by atoms with van der Waals surface area (Å²) in [4.78, 5) is 10.7. The number of aliphatic hydroxyl groups is 8. The summed E-state index contributed by atoms with van der Waals surface area (Å²) in [6.07, 6.45) is -16.9. The summed E-state index contributed by atoms with van der Waals surface area (Å²) in [5.41, 5.74) is 0.